The highest BCUT2D eigenvalue weighted by molar-refractivity contribution is 7.11. The summed E-state index contributed by atoms with van der Waals surface area (Å²) in [6.07, 6.45) is 5.60. The second-order valence-corrected chi connectivity index (χ2v) is 7.36. The maximum absolute atomic E-state index is 9.47. The number of aliphatic hydroxyl groups excluding tert-OH is 1. The van der Waals surface area contributed by atoms with Gasteiger partial charge in [0.25, 0.3) is 0 Å². The van der Waals surface area contributed by atoms with Crippen LogP contribution in [0.1, 0.15) is 35.3 Å². The molecule has 1 atom stereocenters. The van der Waals surface area contributed by atoms with E-state index in [2.05, 4.69) is 39.0 Å². The lowest BCUT2D eigenvalue weighted by Gasteiger charge is -2.24. The van der Waals surface area contributed by atoms with Gasteiger partial charge in [-0.2, -0.15) is 0 Å². The Labute approximate surface area is 147 Å². The van der Waals surface area contributed by atoms with Gasteiger partial charge in [-0.15, -0.1) is 11.3 Å². The molecule has 2 N–H and O–H groups in total. The van der Waals surface area contributed by atoms with Gasteiger partial charge in [0.05, 0.1) is 23.4 Å². The number of hydrogen-bond donors (Lipinski definition) is 2. The molecular formula is C17H25N5OS. The zero-order chi connectivity index (χ0) is 16.9. The number of nitrogens with one attached hydrogen (secondary N) is 1. The van der Waals surface area contributed by atoms with Crippen LogP contribution in [-0.4, -0.2) is 45.8 Å². The summed E-state index contributed by atoms with van der Waals surface area (Å²) in [6, 6.07) is 2.15. The quantitative estimate of drug-likeness (QED) is 0.801. The number of thiazole rings is 1. The molecule has 0 amide bonds. The molecule has 130 valence electrons. The van der Waals surface area contributed by atoms with Crippen molar-refractivity contribution >= 4 is 23.0 Å². The molecule has 3 rings (SSSR count). The predicted molar refractivity (Wildman–Crippen MR) is 97.9 cm³/mol. The van der Waals surface area contributed by atoms with Gasteiger partial charge in [0.1, 0.15) is 18.0 Å². The number of anilines is 2. The molecule has 7 heteroatoms. The summed E-state index contributed by atoms with van der Waals surface area (Å²) >= 11 is 1.78. The fourth-order valence-electron chi connectivity index (χ4n) is 3.15. The molecule has 1 fully saturated rings. The van der Waals surface area contributed by atoms with E-state index in [1.165, 1.54) is 15.6 Å². The lowest BCUT2D eigenvalue weighted by molar-refractivity contribution is 0.266. The molecule has 1 aliphatic heterocycles. The second-order valence-electron chi connectivity index (χ2n) is 6.07. The van der Waals surface area contributed by atoms with Crippen molar-refractivity contribution in [3.63, 3.8) is 0 Å². The molecule has 1 saturated heterocycles. The third-order valence-electron chi connectivity index (χ3n) is 4.45. The summed E-state index contributed by atoms with van der Waals surface area (Å²) in [5.41, 5.74) is 1.21. The number of rotatable bonds is 7. The van der Waals surface area contributed by atoms with Crippen molar-refractivity contribution in [3.05, 3.63) is 28.0 Å². The summed E-state index contributed by atoms with van der Waals surface area (Å²) in [5, 5.41) is 14.0. The molecule has 24 heavy (non-hydrogen) atoms. The van der Waals surface area contributed by atoms with Crippen LogP contribution in [0.25, 0.3) is 0 Å². The van der Waals surface area contributed by atoms with E-state index < -0.39 is 0 Å². The highest BCUT2D eigenvalue weighted by atomic mass is 32.1. The smallest absolute Gasteiger partial charge is 0.134 e. The Morgan fingerprint density at radius 1 is 1.42 bits per heavy atom. The van der Waals surface area contributed by atoms with E-state index in [1.54, 1.807) is 17.7 Å². The summed E-state index contributed by atoms with van der Waals surface area (Å²) in [4.78, 5) is 16.8. The Morgan fingerprint density at radius 2 is 2.29 bits per heavy atom. The topological polar surface area (TPSA) is 74.2 Å². The Kier molecular flexibility index (Phi) is 5.63. The van der Waals surface area contributed by atoms with Crippen molar-refractivity contribution < 1.29 is 5.11 Å². The van der Waals surface area contributed by atoms with Gasteiger partial charge in [0.15, 0.2) is 0 Å². The number of aliphatic hydroxyl groups is 1. The van der Waals surface area contributed by atoms with Gasteiger partial charge in [-0.05, 0) is 26.2 Å². The molecule has 0 spiro atoms. The number of aryl methyl sites for hydroxylation is 2. The molecule has 0 saturated carbocycles. The first kappa shape index (κ1) is 17.1. The van der Waals surface area contributed by atoms with E-state index in [1.807, 2.05) is 6.07 Å². The minimum atomic E-state index is 0.177. The normalized spacial score (nSPS) is 17.5. The van der Waals surface area contributed by atoms with Crippen molar-refractivity contribution in [1.82, 2.24) is 15.0 Å². The largest absolute Gasteiger partial charge is 0.394 e. The van der Waals surface area contributed by atoms with Crippen molar-refractivity contribution in [2.75, 3.05) is 29.9 Å². The maximum Gasteiger partial charge on any atom is 0.134 e. The van der Waals surface area contributed by atoms with Crippen LogP contribution in [0.3, 0.4) is 0 Å². The third kappa shape index (κ3) is 3.84. The van der Waals surface area contributed by atoms with Crippen molar-refractivity contribution in [2.24, 2.45) is 0 Å². The summed E-state index contributed by atoms with van der Waals surface area (Å²) in [7, 11) is 0. The lowest BCUT2D eigenvalue weighted by atomic mass is 10.2. The Hall–Kier alpha value is -1.73. The van der Waals surface area contributed by atoms with Crippen LogP contribution in [0, 0.1) is 6.92 Å². The molecule has 0 aliphatic carbocycles. The van der Waals surface area contributed by atoms with Crippen LogP contribution in [0.15, 0.2) is 12.4 Å². The Bertz CT molecular complexity index is 675. The highest BCUT2D eigenvalue weighted by Crippen LogP contribution is 2.24. The molecule has 0 unspecified atom stereocenters. The van der Waals surface area contributed by atoms with Crippen molar-refractivity contribution in [1.29, 1.82) is 0 Å². The summed E-state index contributed by atoms with van der Waals surface area (Å²) in [5.74, 6) is 1.72. The van der Waals surface area contributed by atoms with Crippen LogP contribution in [-0.2, 0) is 12.8 Å². The molecule has 2 aromatic rings. The lowest BCUT2D eigenvalue weighted by Crippen LogP contribution is -2.32. The minimum Gasteiger partial charge on any atom is -0.394 e. The van der Waals surface area contributed by atoms with Crippen LogP contribution >= 0.6 is 11.3 Å². The fourth-order valence-corrected chi connectivity index (χ4v) is 4.17. The van der Waals surface area contributed by atoms with Crippen LogP contribution < -0.4 is 10.2 Å². The van der Waals surface area contributed by atoms with Gasteiger partial charge in [0.2, 0.25) is 0 Å². The van der Waals surface area contributed by atoms with Gasteiger partial charge in [0, 0.05) is 30.5 Å². The number of hydrogen-bond acceptors (Lipinski definition) is 7. The van der Waals surface area contributed by atoms with E-state index >= 15 is 0 Å². The van der Waals surface area contributed by atoms with E-state index in [4.69, 9.17) is 0 Å². The fraction of sp³-hybridized carbons (Fsp3) is 0.588. The van der Waals surface area contributed by atoms with Gasteiger partial charge in [-0.25, -0.2) is 15.0 Å². The third-order valence-corrected chi connectivity index (χ3v) is 5.52. The molecule has 2 aromatic heterocycles. The Morgan fingerprint density at radius 3 is 3.04 bits per heavy atom. The minimum absolute atomic E-state index is 0.177. The second kappa shape index (κ2) is 7.90. The predicted octanol–water partition coefficient (Wildman–Crippen LogP) is 2.42. The highest BCUT2D eigenvalue weighted by Gasteiger charge is 2.25. The first-order valence-electron chi connectivity index (χ1n) is 8.59. The maximum atomic E-state index is 9.47. The molecule has 6 nitrogen and oxygen atoms in total. The van der Waals surface area contributed by atoms with Crippen molar-refractivity contribution in [3.8, 4) is 0 Å². The Balaban J connectivity index is 1.58. The van der Waals surface area contributed by atoms with Crippen LogP contribution in [0.5, 0.6) is 0 Å². The van der Waals surface area contributed by atoms with E-state index in [0.29, 0.717) is 0 Å². The van der Waals surface area contributed by atoms with E-state index in [0.717, 1.165) is 50.4 Å². The average Bonchev–Trinajstić information content (AvgIpc) is 3.21. The monoisotopic (exact) mass is 347 g/mol. The molecule has 1 aliphatic rings. The standard InChI is InChI=1S/C17H25N5OS/c1-3-14-12(2)24-17(21-14)6-7-18-15-9-16(20-11-19-15)22-8-4-5-13(22)10-23/h9,11,13,23H,3-8,10H2,1-2H3,(H,18,19,20)/t13-/m0/s1. The van der Waals surface area contributed by atoms with Gasteiger partial charge in [-0.1, -0.05) is 6.92 Å². The first-order chi connectivity index (χ1) is 11.7. The first-order valence-corrected chi connectivity index (χ1v) is 9.41. The SMILES string of the molecule is CCc1nc(CCNc2cc(N3CCC[C@H]3CO)ncn2)sc1C. The van der Waals surface area contributed by atoms with Crippen LogP contribution in [0.2, 0.25) is 0 Å². The molecule has 0 radical (unpaired) electrons. The number of aromatic nitrogens is 3. The molecule has 0 bridgehead atoms. The van der Waals surface area contributed by atoms with Crippen LogP contribution in [0.4, 0.5) is 11.6 Å². The van der Waals surface area contributed by atoms with E-state index in [9.17, 15) is 5.11 Å². The van der Waals surface area contributed by atoms with Gasteiger partial charge < -0.3 is 15.3 Å². The van der Waals surface area contributed by atoms with Gasteiger partial charge in [-0.3, -0.25) is 0 Å². The zero-order valence-electron chi connectivity index (χ0n) is 14.3. The summed E-state index contributed by atoms with van der Waals surface area (Å²) < 4.78 is 0. The molecule has 3 heterocycles. The van der Waals surface area contributed by atoms with Crippen molar-refractivity contribution in [2.45, 2.75) is 45.6 Å². The molecule has 0 aromatic carbocycles. The molecular weight excluding hydrogens is 322 g/mol. The summed E-state index contributed by atoms with van der Waals surface area (Å²) in [6.45, 7) is 6.20. The number of nitrogens with zero attached hydrogens (tertiary/aromatic N) is 4. The zero-order valence-corrected chi connectivity index (χ0v) is 15.1. The van der Waals surface area contributed by atoms with E-state index in [-0.39, 0.29) is 12.6 Å². The average molecular weight is 347 g/mol. The van der Waals surface area contributed by atoms with Gasteiger partial charge >= 0.3 is 0 Å².